The number of nitrogens with one attached hydrogen (secondary N) is 1. The Balaban J connectivity index is 1.80. The third kappa shape index (κ3) is 4.22. The van der Waals surface area contributed by atoms with Crippen molar-refractivity contribution in [1.82, 2.24) is 9.97 Å². The molecule has 0 fully saturated rings. The maximum atomic E-state index is 13.1. The minimum absolute atomic E-state index is 0.184. The van der Waals surface area contributed by atoms with Gasteiger partial charge in [-0.1, -0.05) is 12.1 Å². The summed E-state index contributed by atoms with van der Waals surface area (Å²) < 4.78 is 44.3. The van der Waals surface area contributed by atoms with Crippen LogP contribution in [0.4, 0.5) is 18.9 Å². The van der Waals surface area contributed by atoms with Crippen LogP contribution in [0.2, 0.25) is 0 Å². The largest absolute Gasteiger partial charge is 0.481 e. The number of methoxy groups -OCH3 is 1. The third-order valence-corrected chi connectivity index (χ3v) is 3.74. The van der Waals surface area contributed by atoms with Gasteiger partial charge in [0.05, 0.1) is 30.3 Å². The normalized spacial score (nSPS) is 11.1. The van der Waals surface area contributed by atoms with E-state index in [1.165, 1.54) is 49.8 Å². The lowest BCUT2D eigenvalue weighted by Gasteiger charge is -2.12. The van der Waals surface area contributed by atoms with Crippen LogP contribution in [0.15, 0.2) is 60.9 Å². The minimum Gasteiger partial charge on any atom is -0.481 e. The van der Waals surface area contributed by atoms with Crippen LogP contribution in [0.25, 0.3) is 11.3 Å². The molecule has 5 nitrogen and oxygen atoms in total. The second-order valence-electron chi connectivity index (χ2n) is 5.52. The number of aromatic nitrogens is 2. The van der Waals surface area contributed by atoms with Crippen molar-refractivity contribution in [3.63, 3.8) is 0 Å². The van der Waals surface area contributed by atoms with Gasteiger partial charge in [0.15, 0.2) is 0 Å². The quantitative estimate of drug-likeness (QED) is 0.735. The van der Waals surface area contributed by atoms with Gasteiger partial charge in [-0.2, -0.15) is 13.2 Å². The van der Waals surface area contributed by atoms with E-state index in [0.717, 1.165) is 6.07 Å². The third-order valence-electron chi connectivity index (χ3n) is 3.74. The summed E-state index contributed by atoms with van der Waals surface area (Å²) in [5, 5.41) is 2.65. The summed E-state index contributed by atoms with van der Waals surface area (Å²) in [7, 11) is 1.48. The van der Waals surface area contributed by atoms with Gasteiger partial charge in [-0.25, -0.2) is 4.98 Å². The number of nitrogens with zero attached hydrogens (tertiary/aromatic N) is 2. The topological polar surface area (TPSA) is 64.1 Å². The lowest BCUT2D eigenvalue weighted by Crippen LogP contribution is -2.12. The Labute approximate surface area is 152 Å². The first-order chi connectivity index (χ1) is 12.9. The van der Waals surface area contributed by atoms with Crippen LogP contribution in [0.3, 0.4) is 0 Å². The van der Waals surface area contributed by atoms with Gasteiger partial charge in [-0.15, -0.1) is 0 Å². The molecular formula is C19H14F3N3O2. The molecule has 0 saturated heterocycles. The molecule has 1 amide bonds. The van der Waals surface area contributed by atoms with Gasteiger partial charge < -0.3 is 10.1 Å². The van der Waals surface area contributed by atoms with Crippen molar-refractivity contribution < 1.29 is 22.7 Å². The minimum atomic E-state index is -4.51. The summed E-state index contributed by atoms with van der Waals surface area (Å²) in [5.41, 5.74) is 0.0152. The van der Waals surface area contributed by atoms with Gasteiger partial charge in [0.2, 0.25) is 5.88 Å². The predicted molar refractivity (Wildman–Crippen MR) is 93.4 cm³/mol. The number of carbonyl (C=O) groups is 1. The zero-order valence-corrected chi connectivity index (χ0v) is 14.1. The Morgan fingerprint density at radius 2 is 1.78 bits per heavy atom. The van der Waals surface area contributed by atoms with Crippen molar-refractivity contribution in [2.45, 2.75) is 6.18 Å². The summed E-state index contributed by atoms with van der Waals surface area (Å²) in [6.45, 7) is 0. The Kier molecular flexibility index (Phi) is 5.07. The van der Waals surface area contributed by atoms with E-state index in [4.69, 9.17) is 4.74 Å². The van der Waals surface area contributed by atoms with Crippen LogP contribution in [0, 0.1) is 0 Å². The van der Waals surface area contributed by atoms with Crippen molar-refractivity contribution in [3.8, 4) is 17.1 Å². The van der Waals surface area contributed by atoms with E-state index in [9.17, 15) is 18.0 Å². The smallest absolute Gasteiger partial charge is 0.418 e. The number of pyridine rings is 2. The first-order valence-electron chi connectivity index (χ1n) is 7.82. The molecule has 0 spiro atoms. The number of anilines is 1. The zero-order chi connectivity index (χ0) is 19.4. The first kappa shape index (κ1) is 18.4. The second-order valence-corrected chi connectivity index (χ2v) is 5.52. The lowest BCUT2D eigenvalue weighted by molar-refractivity contribution is -0.137. The van der Waals surface area contributed by atoms with Crippen LogP contribution < -0.4 is 10.1 Å². The molecule has 1 N–H and O–H groups in total. The summed E-state index contributed by atoms with van der Waals surface area (Å²) in [5.74, 6) is -0.00114. The number of hydrogen-bond donors (Lipinski definition) is 1. The highest BCUT2D eigenvalue weighted by Gasteiger charge is 2.34. The molecule has 3 aromatic rings. The molecule has 0 saturated carbocycles. The Morgan fingerprint density at radius 1 is 1.04 bits per heavy atom. The average Bonchev–Trinajstić information content (AvgIpc) is 2.68. The molecule has 138 valence electrons. The summed E-state index contributed by atoms with van der Waals surface area (Å²) >= 11 is 0. The molecule has 0 aliphatic heterocycles. The fourth-order valence-electron chi connectivity index (χ4n) is 2.42. The summed E-state index contributed by atoms with van der Waals surface area (Å²) in [4.78, 5) is 20.1. The van der Waals surface area contributed by atoms with Crippen LogP contribution in [-0.4, -0.2) is 23.0 Å². The molecule has 0 atom stereocenters. The van der Waals surface area contributed by atoms with E-state index >= 15 is 0 Å². The number of ether oxygens (including phenoxy) is 1. The van der Waals surface area contributed by atoms with Crippen molar-refractivity contribution in [2.75, 3.05) is 12.4 Å². The second kappa shape index (κ2) is 7.45. The highest BCUT2D eigenvalue weighted by molar-refractivity contribution is 6.04. The maximum absolute atomic E-state index is 13.1. The highest BCUT2D eigenvalue weighted by Crippen LogP contribution is 2.35. The van der Waals surface area contributed by atoms with Gasteiger partial charge in [0, 0.05) is 23.4 Å². The molecule has 0 radical (unpaired) electrons. The van der Waals surface area contributed by atoms with Gasteiger partial charge in [-0.05, 0) is 30.3 Å². The predicted octanol–water partition coefficient (Wildman–Crippen LogP) is 4.42. The number of benzene rings is 1. The molecular weight excluding hydrogens is 359 g/mol. The van der Waals surface area contributed by atoms with E-state index in [2.05, 4.69) is 15.3 Å². The molecule has 3 rings (SSSR count). The number of hydrogen-bond acceptors (Lipinski definition) is 4. The van der Waals surface area contributed by atoms with E-state index in [-0.39, 0.29) is 11.3 Å². The van der Waals surface area contributed by atoms with E-state index in [1.807, 2.05) is 0 Å². The van der Waals surface area contributed by atoms with Crippen LogP contribution in [0.5, 0.6) is 5.88 Å². The maximum Gasteiger partial charge on any atom is 0.418 e. The number of amides is 1. The van der Waals surface area contributed by atoms with Crippen molar-refractivity contribution in [2.24, 2.45) is 0 Å². The summed E-state index contributed by atoms with van der Waals surface area (Å²) in [6.07, 6.45) is -1.78. The molecule has 1 aromatic carbocycles. The molecule has 2 aromatic heterocycles. The van der Waals surface area contributed by atoms with E-state index in [0.29, 0.717) is 17.1 Å². The first-order valence-corrected chi connectivity index (χ1v) is 7.82. The molecule has 0 aliphatic rings. The Hall–Kier alpha value is -3.42. The zero-order valence-electron chi connectivity index (χ0n) is 14.1. The fraction of sp³-hybridized carbons (Fsp3) is 0.105. The van der Waals surface area contributed by atoms with Gasteiger partial charge >= 0.3 is 6.18 Å². The number of carbonyl (C=O) groups excluding carboxylic acids is 1. The summed E-state index contributed by atoms with van der Waals surface area (Å²) in [6, 6.07) is 11.2. The monoisotopic (exact) mass is 373 g/mol. The van der Waals surface area contributed by atoms with Crippen molar-refractivity contribution >= 4 is 11.6 Å². The fourth-order valence-corrected chi connectivity index (χ4v) is 2.42. The molecule has 0 unspecified atom stereocenters. The molecule has 2 heterocycles. The number of halogens is 3. The number of rotatable bonds is 4. The SMILES string of the molecule is COc1ccc(NC(=O)c2ccc(-c3ncccc3C(F)(F)F)cc2)cn1. The average molecular weight is 373 g/mol. The standard InChI is InChI=1S/C19H14F3N3O2/c1-27-16-9-8-14(11-24-16)25-18(26)13-6-4-12(5-7-13)17-15(19(20,21)22)3-2-10-23-17/h2-11H,1H3,(H,25,26). The molecule has 0 aliphatic carbocycles. The van der Waals surface area contributed by atoms with Crippen molar-refractivity contribution in [1.29, 1.82) is 0 Å². The van der Waals surface area contributed by atoms with Crippen LogP contribution in [0.1, 0.15) is 15.9 Å². The highest BCUT2D eigenvalue weighted by atomic mass is 19.4. The van der Waals surface area contributed by atoms with Gasteiger partial charge in [-0.3, -0.25) is 9.78 Å². The van der Waals surface area contributed by atoms with Crippen LogP contribution >= 0.6 is 0 Å². The Bertz CT molecular complexity index is 940. The van der Waals surface area contributed by atoms with Crippen molar-refractivity contribution in [3.05, 3.63) is 72.1 Å². The Morgan fingerprint density at radius 3 is 2.37 bits per heavy atom. The number of alkyl halides is 3. The van der Waals surface area contributed by atoms with E-state index in [1.54, 1.807) is 12.1 Å². The van der Waals surface area contributed by atoms with Crippen LogP contribution in [-0.2, 0) is 6.18 Å². The van der Waals surface area contributed by atoms with Gasteiger partial charge in [0.25, 0.3) is 5.91 Å². The van der Waals surface area contributed by atoms with Gasteiger partial charge in [0.1, 0.15) is 0 Å². The lowest BCUT2D eigenvalue weighted by atomic mass is 10.0. The molecule has 27 heavy (non-hydrogen) atoms. The van der Waals surface area contributed by atoms with E-state index < -0.39 is 17.6 Å². The molecule has 8 heteroatoms. The molecule has 0 bridgehead atoms.